The summed E-state index contributed by atoms with van der Waals surface area (Å²) in [4.78, 5) is 13.1. The summed E-state index contributed by atoms with van der Waals surface area (Å²) in [6, 6.07) is 0. The lowest BCUT2D eigenvalue weighted by atomic mass is 9.98. The summed E-state index contributed by atoms with van der Waals surface area (Å²) in [7, 11) is 0. The number of carbonyl (C=O) groups excluding carboxylic acids is 1. The van der Waals surface area contributed by atoms with Gasteiger partial charge in [0.15, 0.2) is 12.6 Å². The minimum Gasteiger partial charge on any atom is -0.457 e. The Bertz CT molecular complexity index is 1550. The second-order valence-electron chi connectivity index (χ2n) is 21.1. The van der Waals surface area contributed by atoms with Crippen LogP contribution in [-0.2, 0) is 33.2 Å². The highest BCUT2D eigenvalue weighted by Gasteiger charge is 2.47. The molecule has 77 heavy (non-hydrogen) atoms. The Morgan fingerprint density at radius 3 is 1.32 bits per heavy atom. The Labute approximate surface area is 466 Å². The minimum atomic E-state index is -1.71. The average molecular weight is 1090 g/mol. The Morgan fingerprint density at radius 2 is 0.844 bits per heavy atom. The van der Waals surface area contributed by atoms with Crippen LogP contribution in [0.4, 0.5) is 0 Å². The number of ether oxygens (including phenoxy) is 6. The van der Waals surface area contributed by atoms with Crippen LogP contribution in [0.15, 0.2) is 72.9 Å². The maximum atomic E-state index is 13.1. The maximum absolute atomic E-state index is 13.1. The van der Waals surface area contributed by atoms with E-state index in [0.29, 0.717) is 13.0 Å². The Morgan fingerprint density at radius 1 is 0.442 bits per heavy atom. The molecule has 0 amide bonds. The van der Waals surface area contributed by atoms with Gasteiger partial charge in [-0.05, 0) is 83.5 Å². The molecule has 0 aromatic carbocycles. The van der Waals surface area contributed by atoms with Crippen LogP contribution >= 0.6 is 0 Å². The third kappa shape index (κ3) is 35.7. The molecule has 2 heterocycles. The monoisotopic (exact) mass is 1090 g/mol. The van der Waals surface area contributed by atoms with Crippen molar-refractivity contribution in [1.82, 2.24) is 0 Å². The molecule has 2 rings (SSSR count). The maximum Gasteiger partial charge on any atom is 0.306 e. The fourth-order valence-electron chi connectivity index (χ4n) is 9.31. The van der Waals surface area contributed by atoms with Crippen LogP contribution in [-0.4, -0.2) is 142 Å². The van der Waals surface area contributed by atoms with Gasteiger partial charge in [-0.2, -0.15) is 0 Å². The number of esters is 1. The predicted octanol–water partition coefficient (Wildman–Crippen LogP) is 11.4. The third-order valence-electron chi connectivity index (χ3n) is 14.2. The Kier molecular flexibility index (Phi) is 45.1. The van der Waals surface area contributed by atoms with Gasteiger partial charge < -0.3 is 64.2 Å². The fourth-order valence-corrected chi connectivity index (χ4v) is 9.31. The minimum absolute atomic E-state index is 0.0526. The number of hydrogen-bond acceptors (Lipinski definition) is 14. The van der Waals surface area contributed by atoms with Crippen molar-refractivity contribution < 1.29 is 69.0 Å². The van der Waals surface area contributed by atoms with Crippen molar-refractivity contribution in [1.29, 1.82) is 0 Å². The Balaban J connectivity index is 1.68. The average Bonchev–Trinajstić information content (AvgIpc) is 3.43. The molecule has 14 nitrogen and oxygen atoms in total. The molecule has 2 fully saturated rings. The predicted molar refractivity (Wildman–Crippen MR) is 307 cm³/mol. The summed E-state index contributed by atoms with van der Waals surface area (Å²) < 4.78 is 34.4. The Hall–Kier alpha value is -2.57. The van der Waals surface area contributed by atoms with E-state index in [0.717, 1.165) is 83.5 Å². The number of aliphatic hydroxyl groups is 7. The van der Waals surface area contributed by atoms with Crippen molar-refractivity contribution in [3.05, 3.63) is 72.9 Å². The van der Waals surface area contributed by atoms with Crippen molar-refractivity contribution in [3.8, 4) is 0 Å². The van der Waals surface area contributed by atoms with E-state index in [4.69, 9.17) is 28.4 Å². The molecule has 446 valence electrons. The highest BCUT2D eigenvalue weighted by Crippen LogP contribution is 2.27. The molecular weight excluding hydrogens is 981 g/mol. The van der Waals surface area contributed by atoms with Crippen LogP contribution in [0.5, 0.6) is 0 Å². The molecule has 0 aromatic heterocycles. The summed E-state index contributed by atoms with van der Waals surface area (Å²) in [5, 5.41) is 72.4. The molecule has 2 saturated heterocycles. The van der Waals surface area contributed by atoms with E-state index in [9.17, 15) is 40.5 Å². The fraction of sp³-hybridized carbons (Fsp3) is 0.794. The van der Waals surface area contributed by atoms with Gasteiger partial charge >= 0.3 is 5.97 Å². The molecule has 14 heteroatoms. The van der Waals surface area contributed by atoms with E-state index in [1.165, 1.54) is 109 Å². The second kappa shape index (κ2) is 49.3. The number of carbonyl (C=O) groups is 1. The zero-order valence-corrected chi connectivity index (χ0v) is 47.9. The van der Waals surface area contributed by atoms with Gasteiger partial charge in [0.25, 0.3) is 0 Å². The normalized spacial score (nSPS) is 24.8. The van der Waals surface area contributed by atoms with E-state index < -0.39 is 80.7 Å². The van der Waals surface area contributed by atoms with Gasteiger partial charge in [0.1, 0.15) is 54.9 Å². The smallest absolute Gasteiger partial charge is 0.306 e. The molecule has 11 unspecified atom stereocenters. The lowest BCUT2D eigenvalue weighted by Crippen LogP contribution is -2.61. The first-order valence-corrected chi connectivity index (χ1v) is 30.5. The number of hydrogen-bond donors (Lipinski definition) is 7. The van der Waals surface area contributed by atoms with Gasteiger partial charge in [-0.1, -0.05) is 202 Å². The highest BCUT2D eigenvalue weighted by atomic mass is 16.7. The molecule has 2 aliphatic heterocycles. The summed E-state index contributed by atoms with van der Waals surface area (Å²) in [6.07, 6.45) is 46.8. The van der Waals surface area contributed by atoms with E-state index in [1.54, 1.807) is 0 Å². The third-order valence-corrected chi connectivity index (χ3v) is 14.2. The van der Waals surface area contributed by atoms with Gasteiger partial charge in [-0.25, -0.2) is 0 Å². The van der Waals surface area contributed by atoms with E-state index in [-0.39, 0.29) is 25.6 Å². The van der Waals surface area contributed by atoms with Crippen molar-refractivity contribution in [2.24, 2.45) is 0 Å². The van der Waals surface area contributed by atoms with Crippen LogP contribution in [0.25, 0.3) is 0 Å². The highest BCUT2D eigenvalue weighted by molar-refractivity contribution is 5.69. The molecule has 0 bridgehead atoms. The zero-order valence-electron chi connectivity index (χ0n) is 47.9. The van der Waals surface area contributed by atoms with Gasteiger partial charge in [-0.15, -0.1) is 0 Å². The molecule has 2 aliphatic rings. The van der Waals surface area contributed by atoms with Gasteiger partial charge in [0.05, 0.1) is 26.4 Å². The van der Waals surface area contributed by atoms with Crippen molar-refractivity contribution in [2.75, 3.05) is 33.0 Å². The van der Waals surface area contributed by atoms with Crippen molar-refractivity contribution in [2.45, 2.75) is 287 Å². The summed E-state index contributed by atoms with van der Waals surface area (Å²) in [5.74, 6) is -0.388. The molecule has 0 spiro atoms. The molecule has 0 aromatic rings. The van der Waals surface area contributed by atoms with E-state index in [1.807, 2.05) is 0 Å². The number of rotatable bonds is 49. The standard InChI is InChI=1S/C63H110O14/c1-3-5-7-9-11-13-15-17-19-21-22-23-24-25-26-27-28-29-31-33-35-37-39-41-43-45-47-72-49-52(75-55(65)46-44-42-40-38-36-34-32-30-20-18-16-14-12-10-8-6-4-2)50-73-62-61(71)59(69)57(67)54(77-62)51-74-63-60(70)58(68)56(66)53(48-64)76-63/h6,8,12,14-15,17-18,20-22,24-25,52-54,56-64,66-71H,3-5,7,9-11,13,16,19,23,26-51H2,1-2H3/b8-6-,14-12-,17-15-,20-18-,22-21-,25-24-. The molecule has 0 saturated carbocycles. The quantitative estimate of drug-likeness (QED) is 0.0172. The van der Waals surface area contributed by atoms with E-state index >= 15 is 0 Å². The number of aliphatic hydroxyl groups excluding tert-OH is 7. The lowest BCUT2D eigenvalue weighted by molar-refractivity contribution is -0.332. The molecule has 7 N–H and O–H groups in total. The molecule has 0 aliphatic carbocycles. The van der Waals surface area contributed by atoms with Crippen LogP contribution in [0.3, 0.4) is 0 Å². The lowest BCUT2D eigenvalue weighted by Gasteiger charge is -2.42. The SMILES string of the molecule is CC/C=C\C/C=C\C/C=C\CCCCCCCCCC(=O)OC(COCCCCCCCCCCCCC/C=C\C/C=C\C/C=C\CCCCCCC)COC1OC(COC2OC(CO)C(O)C(O)C2O)C(O)C(O)C1O. The first-order valence-electron chi connectivity index (χ1n) is 30.5. The number of allylic oxidation sites excluding steroid dienone is 12. The van der Waals surface area contributed by atoms with Gasteiger partial charge in [-0.3, -0.25) is 4.79 Å². The zero-order chi connectivity index (χ0) is 55.8. The summed E-state index contributed by atoms with van der Waals surface area (Å²) in [5.41, 5.74) is 0. The van der Waals surface area contributed by atoms with E-state index in [2.05, 4.69) is 86.8 Å². The first-order chi connectivity index (χ1) is 37.6. The van der Waals surface area contributed by atoms with Gasteiger partial charge in [0.2, 0.25) is 0 Å². The summed E-state index contributed by atoms with van der Waals surface area (Å²) >= 11 is 0. The van der Waals surface area contributed by atoms with Crippen LogP contribution < -0.4 is 0 Å². The molecule has 11 atom stereocenters. The first kappa shape index (κ1) is 70.5. The van der Waals surface area contributed by atoms with Crippen LogP contribution in [0.2, 0.25) is 0 Å². The number of unbranched alkanes of at least 4 members (excludes halogenated alkanes) is 23. The topological polar surface area (TPSA) is 214 Å². The van der Waals surface area contributed by atoms with Crippen molar-refractivity contribution in [3.63, 3.8) is 0 Å². The molecular formula is C63H110O14. The molecule has 0 radical (unpaired) electrons. The van der Waals surface area contributed by atoms with Gasteiger partial charge in [0, 0.05) is 13.0 Å². The van der Waals surface area contributed by atoms with Crippen molar-refractivity contribution >= 4 is 5.97 Å². The van der Waals surface area contributed by atoms with Crippen LogP contribution in [0.1, 0.15) is 219 Å². The van der Waals surface area contributed by atoms with Crippen LogP contribution in [0, 0.1) is 0 Å². The second-order valence-corrected chi connectivity index (χ2v) is 21.1. The summed E-state index contributed by atoms with van der Waals surface area (Å²) in [6.45, 7) is 3.56. The largest absolute Gasteiger partial charge is 0.457 e.